The lowest BCUT2D eigenvalue weighted by atomic mass is 9.87. The van der Waals surface area contributed by atoms with Crippen molar-refractivity contribution in [2.75, 3.05) is 0 Å². The molecule has 0 spiro atoms. The standard InChI is InChI=1S/C17H23ClN2/c1-12-16(10-18)13(2)20(19-12)11-14-6-8-15(9-7-14)17(3,4)5/h6-9H,10-11H2,1-5H3. The fourth-order valence-corrected chi connectivity index (χ4v) is 2.75. The highest BCUT2D eigenvalue weighted by atomic mass is 35.5. The van der Waals surface area contributed by atoms with Crippen LogP contribution in [0.3, 0.4) is 0 Å². The summed E-state index contributed by atoms with van der Waals surface area (Å²) in [4.78, 5) is 0. The van der Waals surface area contributed by atoms with Gasteiger partial charge in [0.25, 0.3) is 0 Å². The predicted octanol–water partition coefficient (Wildman–Crippen LogP) is 4.58. The molecule has 3 heteroatoms. The van der Waals surface area contributed by atoms with E-state index in [2.05, 4.69) is 57.1 Å². The van der Waals surface area contributed by atoms with Gasteiger partial charge in [-0.15, -0.1) is 11.6 Å². The van der Waals surface area contributed by atoms with Crippen LogP contribution in [0.1, 0.15) is 48.8 Å². The highest BCUT2D eigenvalue weighted by Crippen LogP contribution is 2.23. The molecule has 0 radical (unpaired) electrons. The predicted molar refractivity (Wildman–Crippen MR) is 85.5 cm³/mol. The normalized spacial score (nSPS) is 11.9. The molecule has 1 heterocycles. The monoisotopic (exact) mass is 290 g/mol. The number of nitrogens with zero attached hydrogens (tertiary/aromatic N) is 2. The molecule has 0 aliphatic carbocycles. The molecule has 0 aliphatic rings. The van der Waals surface area contributed by atoms with Gasteiger partial charge >= 0.3 is 0 Å². The van der Waals surface area contributed by atoms with Crippen molar-refractivity contribution in [1.82, 2.24) is 9.78 Å². The van der Waals surface area contributed by atoms with E-state index < -0.39 is 0 Å². The number of hydrogen-bond acceptors (Lipinski definition) is 1. The molecular formula is C17H23ClN2. The Balaban J connectivity index is 2.23. The molecule has 0 unspecified atom stereocenters. The fourth-order valence-electron chi connectivity index (χ4n) is 2.36. The van der Waals surface area contributed by atoms with Gasteiger partial charge in [-0.2, -0.15) is 5.10 Å². The van der Waals surface area contributed by atoms with Gasteiger partial charge in [-0.05, 0) is 30.4 Å². The average Bonchev–Trinajstić information content (AvgIpc) is 2.63. The Bertz CT molecular complexity index is 589. The second-order valence-electron chi connectivity index (χ2n) is 6.39. The molecule has 0 atom stereocenters. The van der Waals surface area contributed by atoms with E-state index in [1.54, 1.807) is 0 Å². The molecule has 0 fully saturated rings. The molecule has 1 aromatic heterocycles. The number of halogens is 1. The van der Waals surface area contributed by atoms with Crippen LogP contribution in [0.5, 0.6) is 0 Å². The zero-order valence-corrected chi connectivity index (χ0v) is 13.8. The smallest absolute Gasteiger partial charge is 0.0662 e. The van der Waals surface area contributed by atoms with E-state index in [-0.39, 0.29) is 5.41 Å². The third-order valence-corrected chi connectivity index (χ3v) is 4.08. The van der Waals surface area contributed by atoms with Crippen molar-refractivity contribution in [2.45, 2.75) is 52.5 Å². The van der Waals surface area contributed by atoms with Crippen LogP contribution in [-0.2, 0) is 17.8 Å². The van der Waals surface area contributed by atoms with Gasteiger partial charge < -0.3 is 0 Å². The lowest BCUT2D eigenvalue weighted by molar-refractivity contribution is 0.589. The van der Waals surface area contributed by atoms with Crippen LogP contribution >= 0.6 is 11.6 Å². The van der Waals surface area contributed by atoms with E-state index >= 15 is 0 Å². The lowest BCUT2D eigenvalue weighted by Gasteiger charge is -2.19. The summed E-state index contributed by atoms with van der Waals surface area (Å²) in [5.41, 5.74) is 6.17. The summed E-state index contributed by atoms with van der Waals surface area (Å²) in [6.07, 6.45) is 0. The van der Waals surface area contributed by atoms with Gasteiger partial charge in [0.05, 0.1) is 18.1 Å². The van der Waals surface area contributed by atoms with Gasteiger partial charge in [-0.3, -0.25) is 4.68 Å². The Morgan fingerprint density at radius 2 is 1.70 bits per heavy atom. The first-order valence-electron chi connectivity index (χ1n) is 7.01. The Labute approximate surface area is 126 Å². The third-order valence-electron chi connectivity index (χ3n) is 3.82. The van der Waals surface area contributed by atoms with E-state index in [0.29, 0.717) is 5.88 Å². The van der Waals surface area contributed by atoms with Crippen molar-refractivity contribution >= 4 is 11.6 Å². The SMILES string of the molecule is Cc1nn(Cc2ccc(C(C)(C)C)cc2)c(C)c1CCl. The minimum Gasteiger partial charge on any atom is -0.265 e. The van der Waals surface area contributed by atoms with E-state index in [1.807, 2.05) is 11.6 Å². The molecule has 0 aliphatic heterocycles. The Morgan fingerprint density at radius 3 is 2.15 bits per heavy atom. The van der Waals surface area contributed by atoms with Gasteiger partial charge in [0.2, 0.25) is 0 Å². The fraction of sp³-hybridized carbons (Fsp3) is 0.471. The van der Waals surface area contributed by atoms with Crippen LogP contribution in [0.25, 0.3) is 0 Å². The number of hydrogen-bond donors (Lipinski definition) is 0. The van der Waals surface area contributed by atoms with Crippen molar-refractivity contribution in [3.8, 4) is 0 Å². The highest BCUT2D eigenvalue weighted by Gasteiger charge is 2.14. The second kappa shape index (κ2) is 5.61. The number of aryl methyl sites for hydroxylation is 1. The molecule has 2 rings (SSSR count). The van der Waals surface area contributed by atoms with Crippen LogP contribution in [0.2, 0.25) is 0 Å². The first-order valence-corrected chi connectivity index (χ1v) is 7.54. The first-order chi connectivity index (χ1) is 9.32. The molecular weight excluding hydrogens is 268 g/mol. The summed E-state index contributed by atoms with van der Waals surface area (Å²) < 4.78 is 2.04. The van der Waals surface area contributed by atoms with Gasteiger partial charge in [0, 0.05) is 11.3 Å². The summed E-state index contributed by atoms with van der Waals surface area (Å²) in [6, 6.07) is 8.81. The largest absolute Gasteiger partial charge is 0.265 e. The van der Waals surface area contributed by atoms with Crippen LogP contribution in [0.15, 0.2) is 24.3 Å². The molecule has 0 saturated heterocycles. The minimum absolute atomic E-state index is 0.197. The summed E-state index contributed by atoms with van der Waals surface area (Å²) in [5.74, 6) is 0.528. The zero-order chi connectivity index (χ0) is 14.9. The molecule has 2 nitrogen and oxygen atoms in total. The van der Waals surface area contributed by atoms with Gasteiger partial charge in [0.1, 0.15) is 0 Å². The Kier molecular flexibility index (Phi) is 4.24. The van der Waals surface area contributed by atoms with Gasteiger partial charge in [-0.25, -0.2) is 0 Å². The minimum atomic E-state index is 0.197. The molecule has 20 heavy (non-hydrogen) atoms. The molecule has 0 saturated carbocycles. The van der Waals surface area contributed by atoms with E-state index in [9.17, 15) is 0 Å². The zero-order valence-electron chi connectivity index (χ0n) is 13.0. The molecule has 108 valence electrons. The van der Waals surface area contributed by atoms with E-state index in [0.717, 1.165) is 23.5 Å². The Hall–Kier alpha value is -1.28. The van der Waals surface area contributed by atoms with Gasteiger partial charge in [0.15, 0.2) is 0 Å². The van der Waals surface area contributed by atoms with Crippen molar-refractivity contribution < 1.29 is 0 Å². The number of aromatic nitrogens is 2. The van der Waals surface area contributed by atoms with Crippen LogP contribution < -0.4 is 0 Å². The third kappa shape index (κ3) is 3.06. The quantitative estimate of drug-likeness (QED) is 0.756. The maximum Gasteiger partial charge on any atom is 0.0662 e. The maximum atomic E-state index is 5.97. The molecule has 2 aromatic rings. The maximum absolute atomic E-state index is 5.97. The molecule has 1 aromatic carbocycles. The van der Waals surface area contributed by atoms with Crippen LogP contribution in [0, 0.1) is 13.8 Å². The second-order valence-corrected chi connectivity index (χ2v) is 6.65. The van der Waals surface area contributed by atoms with E-state index in [1.165, 1.54) is 11.1 Å². The summed E-state index contributed by atoms with van der Waals surface area (Å²) >= 11 is 5.97. The lowest BCUT2D eigenvalue weighted by Crippen LogP contribution is -2.11. The molecule has 0 amide bonds. The summed E-state index contributed by atoms with van der Waals surface area (Å²) in [5, 5.41) is 4.58. The van der Waals surface area contributed by atoms with Crippen molar-refractivity contribution in [2.24, 2.45) is 0 Å². The number of rotatable bonds is 3. The topological polar surface area (TPSA) is 17.8 Å². The number of alkyl halides is 1. The van der Waals surface area contributed by atoms with E-state index in [4.69, 9.17) is 11.6 Å². The average molecular weight is 291 g/mol. The Morgan fingerprint density at radius 1 is 1.10 bits per heavy atom. The molecule has 0 bridgehead atoms. The van der Waals surface area contributed by atoms with Crippen LogP contribution in [0.4, 0.5) is 0 Å². The highest BCUT2D eigenvalue weighted by molar-refractivity contribution is 6.17. The van der Waals surface area contributed by atoms with Crippen molar-refractivity contribution in [3.05, 3.63) is 52.3 Å². The van der Waals surface area contributed by atoms with Crippen molar-refractivity contribution in [1.29, 1.82) is 0 Å². The molecule has 0 N–H and O–H groups in total. The van der Waals surface area contributed by atoms with Crippen molar-refractivity contribution in [3.63, 3.8) is 0 Å². The first kappa shape index (κ1) is 15.1. The number of benzene rings is 1. The summed E-state index contributed by atoms with van der Waals surface area (Å²) in [6.45, 7) is 11.6. The summed E-state index contributed by atoms with van der Waals surface area (Å²) in [7, 11) is 0. The van der Waals surface area contributed by atoms with Crippen LogP contribution in [-0.4, -0.2) is 9.78 Å². The van der Waals surface area contributed by atoms with Gasteiger partial charge in [-0.1, -0.05) is 45.0 Å².